The van der Waals surface area contributed by atoms with Crippen molar-refractivity contribution < 1.29 is 14.3 Å². The van der Waals surface area contributed by atoms with Gasteiger partial charge in [-0.3, -0.25) is 0 Å². The third-order valence-electron chi connectivity index (χ3n) is 2.87. The first-order chi connectivity index (χ1) is 9.65. The van der Waals surface area contributed by atoms with Gasteiger partial charge in [-0.15, -0.1) is 11.6 Å². The standard InChI is InChI=1S/C16H15ClO3/c1-11(9-17)10-20-15-8-13-6-4-3-5-12(13)7-14(15)16(18)19-2/h3-8H,1,9-10H2,2H3. The summed E-state index contributed by atoms with van der Waals surface area (Å²) in [5.41, 5.74) is 1.14. The van der Waals surface area contributed by atoms with Gasteiger partial charge in [0.1, 0.15) is 17.9 Å². The predicted molar refractivity (Wildman–Crippen MR) is 80.6 cm³/mol. The highest BCUT2D eigenvalue weighted by molar-refractivity contribution is 6.19. The average Bonchev–Trinajstić information content (AvgIpc) is 2.50. The average molecular weight is 291 g/mol. The molecule has 0 aromatic heterocycles. The normalized spacial score (nSPS) is 10.3. The number of hydrogen-bond acceptors (Lipinski definition) is 3. The van der Waals surface area contributed by atoms with E-state index in [0.29, 0.717) is 17.2 Å². The van der Waals surface area contributed by atoms with E-state index >= 15 is 0 Å². The number of alkyl halides is 1. The molecule has 0 fully saturated rings. The fourth-order valence-electron chi connectivity index (χ4n) is 1.83. The molecule has 0 saturated carbocycles. The number of carbonyl (C=O) groups excluding carboxylic acids is 1. The Morgan fingerprint density at radius 1 is 1.25 bits per heavy atom. The van der Waals surface area contributed by atoms with Crippen LogP contribution < -0.4 is 4.74 Å². The molecule has 0 aliphatic heterocycles. The number of fused-ring (bicyclic) bond motifs is 1. The van der Waals surface area contributed by atoms with Gasteiger partial charge in [0.2, 0.25) is 0 Å². The molecule has 0 saturated heterocycles. The molecule has 0 spiro atoms. The Morgan fingerprint density at radius 2 is 1.90 bits per heavy atom. The fourth-order valence-corrected chi connectivity index (χ4v) is 1.90. The van der Waals surface area contributed by atoms with Crippen LogP contribution >= 0.6 is 11.6 Å². The van der Waals surface area contributed by atoms with Crippen LogP contribution in [0, 0.1) is 0 Å². The zero-order valence-electron chi connectivity index (χ0n) is 11.2. The monoisotopic (exact) mass is 290 g/mol. The van der Waals surface area contributed by atoms with Crippen molar-refractivity contribution >= 4 is 28.3 Å². The molecule has 0 atom stereocenters. The minimum atomic E-state index is -0.428. The minimum Gasteiger partial charge on any atom is -0.488 e. The number of ether oxygens (including phenoxy) is 2. The van der Waals surface area contributed by atoms with Crippen LogP contribution in [-0.4, -0.2) is 25.6 Å². The molecule has 0 aliphatic carbocycles. The van der Waals surface area contributed by atoms with Gasteiger partial charge in [0, 0.05) is 5.88 Å². The summed E-state index contributed by atoms with van der Waals surface area (Å²) in [5, 5.41) is 1.95. The first-order valence-corrected chi connectivity index (χ1v) is 6.65. The number of halogens is 1. The predicted octanol–water partition coefficient (Wildman–Crippen LogP) is 3.80. The molecule has 0 bridgehead atoms. The third kappa shape index (κ3) is 3.11. The molecule has 3 nitrogen and oxygen atoms in total. The van der Waals surface area contributed by atoms with E-state index in [9.17, 15) is 4.79 Å². The van der Waals surface area contributed by atoms with Gasteiger partial charge in [-0.05, 0) is 28.5 Å². The molecule has 104 valence electrons. The highest BCUT2D eigenvalue weighted by atomic mass is 35.5. The number of benzene rings is 2. The van der Waals surface area contributed by atoms with E-state index in [4.69, 9.17) is 21.1 Å². The van der Waals surface area contributed by atoms with Gasteiger partial charge in [-0.1, -0.05) is 30.8 Å². The Labute approximate surface area is 122 Å². The maximum absolute atomic E-state index is 11.8. The van der Waals surface area contributed by atoms with Crippen LogP contribution in [0.1, 0.15) is 10.4 Å². The number of esters is 1. The summed E-state index contributed by atoms with van der Waals surface area (Å²) >= 11 is 5.67. The van der Waals surface area contributed by atoms with Crippen molar-refractivity contribution in [3.8, 4) is 5.75 Å². The SMILES string of the molecule is C=C(CCl)COc1cc2ccccc2cc1C(=O)OC. The molecule has 0 heterocycles. The first kappa shape index (κ1) is 14.4. The zero-order valence-corrected chi connectivity index (χ0v) is 11.9. The van der Waals surface area contributed by atoms with Gasteiger partial charge in [0.15, 0.2) is 0 Å². The van der Waals surface area contributed by atoms with Crippen LogP contribution in [-0.2, 0) is 4.74 Å². The molecule has 0 aliphatic rings. The van der Waals surface area contributed by atoms with Crippen molar-refractivity contribution in [1.82, 2.24) is 0 Å². The molecular formula is C16H15ClO3. The largest absolute Gasteiger partial charge is 0.488 e. The summed E-state index contributed by atoms with van der Waals surface area (Å²) in [6, 6.07) is 11.3. The fraction of sp³-hybridized carbons (Fsp3) is 0.188. The highest BCUT2D eigenvalue weighted by Gasteiger charge is 2.14. The van der Waals surface area contributed by atoms with Crippen LogP contribution in [0.25, 0.3) is 10.8 Å². The van der Waals surface area contributed by atoms with E-state index in [1.54, 1.807) is 6.07 Å². The Morgan fingerprint density at radius 3 is 2.50 bits per heavy atom. The molecule has 2 aromatic carbocycles. The summed E-state index contributed by atoms with van der Waals surface area (Å²) in [4.78, 5) is 11.8. The summed E-state index contributed by atoms with van der Waals surface area (Å²) in [7, 11) is 1.35. The Hall–Kier alpha value is -2.00. The van der Waals surface area contributed by atoms with E-state index < -0.39 is 5.97 Å². The molecular weight excluding hydrogens is 276 g/mol. The van der Waals surface area contributed by atoms with Gasteiger partial charge in [0.25, 0.3) is 0 Å². The van der Waals surface area contributed by atoms with Crippen molar-refractivity contribution in [3.63, 3.8) is 0 Å². The summed E-state index contributed by atoms with van der Waals surface area (Å²) in [6.07, 6.45) is 0. The third-order valence-corrected chi connectivity index (χ3v) is 3.25. The van der Waals surface area contributed by atoms with Crippen LogP contribution in [0.5, 0.6) is 5.75 Å². The molecule has 0 N–H and O–H groups in total. The van der Waals surface area contributed by atoms with E-state index in [0.717, 1.165) is 16.3 Å². The van der Waals surface area contributed by atoms with Gasteiger partial charge in [-0.25, -0.2) is 4.79 Å². The van der Waals surface area contributed by atoms with Crippen molar-refractivity contribution in [2.24, 2.45) is 0 Å². The number of hydrogen-bond donors (Lipinski definition) is 0. The molecule has 0 amide bonds. The van der Waals surface area contributed by atoms with Crippen LogP contribution in [0.3, 0.4) is 0 Å². The first-order valence-electron chi connectivity index (χ1n) is 6.12. The van der Waals surface area contributed by atoms with Crippen molar-refractivity contribution in [2.75, 3.05) is 19.6 Å². The second-order valence-electron chi connectivity index (χ2n) is 4.36. The second-order valence-corrected chi connectivity index (χ2v) is 4.63. The highest BCUT2D eigenvalue weighted by Crippen LogP contribution is 2.27. The van der Waals surface area contributed by atoms with Crippen LogP contribution in [0.4, 0.5) is 0 Å². The smallest absolute Gasteiger partial charge is 0.341 e. The Bertz CT molecular complexity index is 649. The maximum atomic E-state index is 11.8. The van der Waals surface area contributed by atoms with Crippen molar-refractivity contribution in [3.05, 3.63) is 54.1 Å². The van der Waals surface area contributed by atoms with Crippen molar-refractivity contribution in [1.29, 1.82) is 0 Å². The van der Waals surface area contributed by atoms with E-state index in [-0.39, 0.29) is 6.61 Å². The lowest BCUT2D eigenvalue weighted by atomic mass is 10.1. The lowest BCUT2D eigenvalue weighted by Gasteiger charge is -2.12. The van der Waals surface area contributed by atoms with E-state index in [2.05, 4.69) is 6.58 Å². The molecule has 4 heteroatoms. The lowest BCUT2D eigenvalue weighted by Crippen LogP contribution is -2.08. The molecule has 2 rings (SSSR count). The molecule has 0 radical (unpaired) electrons. The topological polar surface area (TPSA) is 35.5 Å². The summed E-state index contributed by atoms with van der Waals surface area (Å²) < 4.78 is 10.4. The van der Waals surface area contributed by atoms with Gasteiger partial charge >= 0.3 is 5.97 Å². The summed E-state index contributed by atoms with van der Waals surface area (Å²) in [5.74, 6) is 0.366. The van der Waals surface area contributed by atoms with Gasteiger partial charge < -0.3 is 9.47 Å². The quantitative estimate of drug-likeness (QED) is 0.477. The second kappa shape index (κ2) is 6.44. The Balaban J connectivity index is 2.43. The van der Waals surface area contributed by atoms with Gasteiger partial charge in [-0.2, -0.15) is 0 Å². The maximum Gasteiger partial charge on any atom is 0.341 e. The van der Waals surface area contributed by atoms with Crippen LogP contribution in [0.15, 0.2) is 48.6 Å². The van der Waals surface area contributed by atoms with E-state index in [1.807, 2.05) is 30.3 Å². The van der Waals surface area contributed by atoms with Gasteiger partial charge in [0.05, 0.1) is 7.11 Å². The number of rotatable bonds is 5. The number of carbonyl (C=O) groups is 1. The molecule has 2 aromatic rings. The molecule has 20 heavy (non-hydrogen) atoms. The zero-order chi connectivity index (χ0) is 14.5. The van der Waals surface area contributed by atoms with Crippen molar-refractivity contribution in [2.45, 2.75) is 0 Å². The van der Waals surface area contributed by atoms with Crippen LogP contribution in [0.2, 0.25) is 0 Å². The summed E-state index contributed by atoms with van der Waals surface area (Å²) in [6.45, 7) is 4.04. The van der Waals surface area contributed by atoms with E-state index in [1.165, 1.54) is 7.11 Å². The number of methoxy groups -OCH3 is 1. The Kier molecular flexibility index (Phi) is 4.64. The molecule has 0 unspecified atom stereocenters. The lowest BCUT2D eigenvalue weighted by molar-refractivity contribution is 0.0596. The minimum absolute atomic E-state index is 0.270.